The number of methoxy groups -OCH3 is 1. The highest BCUT2D eigenvalue weighted by Gasteiger charge is 2.47. The van der Waals surface area contributed by atoms with Crippen molar-refractivity contribution in [1.82, 2.24) is 0 Å². The zero-order valence-electron chi connectivity index (χ0n) is 20.2. The average molecular weight is 511 g/mol. The van der Waals surface area contributed by atoms with Crippen LogP contribution in [0.1, 0.15) is 32.6 Å². The molecule has 2 fully saturated rings. The van der Waals surface area contributed by atoms with E-state index in [0.29, 0.717) is 42.3 Å². The molecule has 0 spiro atoms. The van der Waals surface area contributed by atoms with Gasteiger partial charge in [-0.1, -0.05) is 0 Å². The van der Waals surface area contributed by atoms with Gasteiger partial charge in [-0.2, -0.15) is 13.2 Å². The van der Waals surface area contributed by atoms with Crippen LogP contribution in [0.5, 0.6) is 11.5 Å². The fraction of sp³-hybridized carbons (Fsp3) is 0.500. The van der Waals surface area contributed by atoms with Crippen molar-refractivity contribution in [2.24, 2.45) is 5.92 Å². The lowest BCUT2D eigenvalue weighted by molar-refractivity contribution is -0.169. The summed E-state index contributed by atoms with van der Waals surface area (Å²) in [7, 11) is 1.54. The van der Waals surface area contributed by atoms with Crippen LogP contribution in [0.2, 0.25) is 0 Å². The lowest BCUT2D eigenvalue weighted by atomic mass is 9.99. The van der Waals surface area contributed by atoms with Gasteiger partial charge in [-0.3, -0.25) is 4.79 Å². The number of nitrogens with zero attached hydrogens (tertiary/aromatic N) is 2. The standard InChI is InChI=1S/C26H30F4N2O4/c1-16-11-22(9-10-31(16)24-14-21(35-2)7-8-23(24)27)36-20-5-3-18(4-6-20)32-15-17(26(28,29)30)12-19(32)13-25(33)34/h3-8,14,16-17,19,22H,9-13,15H2,1-2H3,(H,33,34)/t16?,17-,19-,22?/m1/s1. The number of ether oxygens (including phenoxy) is 2. The number of aliphatic carboxylic acids is 1. The van der Waals surface area contributed by atoms with Crippen LogP contribution in [0, 0.1) is 11.7 Å². The Bertz CT molecular complexity index is 1060. The van der Waals surface area contributed by atoms with E-state index in [4.69, 9.17) is 14.6 Å². The number of benzene rings is 2. The summed E-state index contributed by atoms with van der Waals surface area (Å²) >= 11 is 0. The number of hydrogen-bond donors (Lipinski definition) is 1. The number of carbonyl (C=O) groups is 1. The van der Waals surface area contributed by atoms with Crippen molar-refractivity contribution in [2.75, 3.05) is 30.0 Å². The summed E-state index contributed by atoms with van der Waals surface area (Å²) in [5.41, 5.74) is 1.03. The van der Waals surface area contributed by atoms with Crippen LogP contribution in [0.15, 0.2) is 42.5 Å². The first-order valence-corrected chi connectivity index (χ1v) is 12.0. The molecule has 4 rings (SSSR count). The fourth-order valence-corrected chi connectivity index (χ4v) is 5.21. The van der Waals surface area contributed by atoms with Crippen LogP contribution in [-0.2, 0) is 4.79 Å². The van der Waals surface area contributed by atoms with Crippen LogP contribution < -0.4 is 19.3 Å². The van der Waals surface area contributed by atoms with E-state index in [1.165, 1.54) is 18.1 Å². The molecule has 2 aromatic carbocycles. The predicted octanol–water partition coefficient (Wildman–Crippen LogP) is 5.50. The number of hydrogen-bond acceptors (Lipinski definition) is 5. The largest absolute Gasteiger partial charge is 0.497 e. The van der Waals surface area contributed by atoms with E-state index in [2.05, 4.69) is 0 Å². The van der Waals surface area contributed by atoms with E-state index >= 15 is 0 Å². The molecule has 2 heterocycles. The molecule has 196 valence electrons. The molecule has 1 N–H and O–H groups in total. The Hall–Kier alpha value is -3.17. The molecule has 10 heteroatoms. The molecule has 0 bridgehead atoms. The van der Waals surface area contributed by atoms with Crippen LogP contribution in [0.3, 0.4) is 0 Å². The number of piperidine rings is 1. The summed E-state index contributed by atoms with van der Waals surface area (Å²) in [6, 6.07) is 10.7. The van der Waals surface area contributed by atoms with Crippen molar-refractivity contribution < 1.29 is 36.9 Å². The van der Waals surface area contributed by atoms with Gasteiger partial charge in [0.2, 0.25) is 0 Å². The SMILES string of the molecule is COc1ccc(F)c(N2CCC(Oc3ccc(N4C[C@H](C(F)(F)F)C[C@@H]4CC(=O)O)cc3)CC2C)c1. The minimum Gasteiger partial charge on any atom is -0.497 e. The third kappa shape index (κ3) is 5.79. The second kappa shape index (κ2) is 10.4. The minimum atomic E-state index is -4.37. The molecule has 0 saturated carbocycles. The predicted molar refractivity (Wildman–Crippen MR) is 127 cm³/mol. The number of carboxylic acid groups (broad SMARTS) is 1. The third-order valence-corrected chi connectivity index (χ3v) is 7.05. The van der Waals surface area contributed by atoms with Crippen molar-refractivity contribution in [2.45, 2.75) is 57.0 Å². The molecule has 0 aliphatic carbocycles. The number of rotatable bonds is 7. The van der Waals surface area contributed by atoms with E-state index in [-0.39, 0.29) is 37.3 Å². The second-order valence-corrected chi connectivity index (χ2v) is 9.50. The number of carboxylic acids is 1. The normalized spacial score (nSPS) is 24.6. The molecule has 0 aromatic heterocycles. The molecule has 2 aromatic rings. The molecule has 2 saturated heterocycles. The van der Waals surface area contributed by atoms with Gasteiger partial charge in [0, 0.05) is 49.8 Å². The molecule has 0 radical (unpaired) electrons. The van der Waals surface area contributed by atoms with Gasteiger partial charge in [-0.25, -0.2) is 4.39 Å². The molecule has 2 aliphatic rings. The maximum atomic E-state index is 14.4. The first-order valence-electron chi connectivity index (χ1n) is 12.0. The van der Waals surface area contributed by atoms with Crippen molar-refractivity contribution in [3.63, 3.8) is 0 Å². The highest BCUT2D eigenvalue weighted by atomic mass is 19.4. The summed E-state index contributed by atoms with van der Waals surface area (Å²) < 4.78 is 65.7. The maximum absolute atomic E-state index is 14.4. The van der Waals surface area contributed by atoms with Crippen molar-refractivity contribution in [3.05, 3.63) is 48.3 Å². The van der Waals surface area contributed by atoms with E-state index in [1.807, 2.05) is 11.8 Å². The fourth-order valence-electron chi connectivity index (χ4n) is 5.21. The highest BCUT2D eigenvalue weighted by molar-refractivity contribution is 5.69. The summed E-state index contributed by atoms with van der Waals surface area (Å²) in [5, 5.41) is 9.15. The summed E-state index contributed by atoms with van der Waals surface area (Å²) in [6.07, 6.45) is -3.72. The van der Waals surface area contributed by atoms with Crippen molar-refractivity contribution in [1.29, 1.82) is 0 Å². The minimum absolute atomic E-state index is 0.0188. The topological polar surface area (TPSA) is 62.2 Å². The molecule has 4 atom stereocenters. The van der Waals surface area contributed by atoms with Gasteiger partial charge in [-0.05, 0) is 49.7 Å². The Morgan fingerprint density at radius 3 is 2.39 bits per heavy atom. The molecular weight excluding hydrogens is 480 g/mol. The summed E-state index contributed by atoms with van der Waals surface area (Å²) in [4.78, 5) is 14.7. The van der Waals surface area contributed by atoms with Crippen LogP contribution in [0.4, 0.5) is 28.9 Å². The van der Waals surface area contributed by atoms with E-state index < -0.39 is 24.1 Å². The molecule has 2 unspecified atom stereocenters. The quantitative estimate of drug-likeness (QED) is 0.497. The van der Waals surface area contributed by atoms with E-state index in [1.54, 1.807) is 36.4 Å². The average Bonchev–Trinajstić information content (AvgIpc) is 3.24. The van der Waals surface area contributed by atoms with Gasteiger partial charge in [-0.15, -0.1) is 0 Å². The molecule has 2 aliphatic heterocycles. The number of halogens is 4. The lowest BCUT2D eigenvalue weighted by Crippen LogP contribution is -2.44. The Kier molecular flexibility index (Phi) is 7.51. The number of alkyl halides is 3. The maximum Gasteiger partial charge on any atom is 0.393 e. The van der Waals surface area contributed by atoms with Gasteiger partial charge >= 0.3 is 12.1 Å². The first-order chi connectivity index (χ1) is 17.0. The van der Waals surface area contributed by atoms with Gasteiger partial charge in [0.1, 0.15) is 23.4 Å². The van der Waals surface area contributed by atoms with Crippen LogP contribution in [0.25, 0.3) is 0 Å². The zero-order valence-corrected chi connectivity index (χ0v) is 20.2. The first kappa shape index (κ1) is 25.9. The lowest BCUT2D eigenvalue weighted by Gasteiger charge is -2.39. The van der Waals surface area contributed by atoms with Crippen molar-refractivity contribution in [3.8, 4) is 11.5 Å². The molecule has 36 heavy (non-hydrogen) atoms. The van der Waals surface area contributed by atoms with Gasteiger partial charge in [0.05, 0.1) is 25.1 Å². The Balaban J connectivity index is 1.39. The second-order valence-electron chi connectivity index (χ2n) is 9.50. The monoisotopic (exact) mass is 510 g/mol. The third-order valence-electron chi connectivity index (χ3n) is 7.05. The Morgan fingerprint density at radius 1 is 1.08 bits per heavy atom. The van der Waals surface area contributed by atoms with E-state index in [0.717, 1.165) is 0 Å². The van der Waals surface area contributed by atoms with Gasteiger partial charge < -0.3 is 24.4 Å². The Labute approximate surface area is 207 Å². The summed E-state index contributed by atoms with van der Waals surface area (Å²) in [5.74, 6) is -1.82. The highest BCUT2D eigenvalue weighted by Crippen LogP contribution is 2.40. The van der Waals surface area contributed by atoms with Crippen molar-refractivity contribution >= 4 is 17.3 Å². The number of anilines is 2. The molecule has 0 amide bonds. The van der Waals surface area contributed by atoms with Crippen LogP contribution >= 0.6 is 0 Å². The Morgan fingerprint density at radius 2 is 1.78 bits per heavy atom. The van der Waals surface area contributed by atoms with Gasteiger partial charge in [0.25, 0.3) is 0 Å². The molecular formula is C26H30F4N2O4. The summed E-state index contributed by atoms with van der Waals surface area (Å²) in [6.45, 7) is 2.33. The smallest absolute Gasteiger partial charge is 0.393 e. The zero-order chi connectivity index (χ0) is 26.0. The van der Waals surface area contributed by atoms with Crippen LogP contribution in [-0.4, -0.2) is 55.6 Å². The molecule has 6 nitrogen and oxygen atoms in total. The van der Waals surface area contributed by atoms with E-state index in [9.17, 15) is 22.4 Å². The van der Waals surface area contributed by atoms with Gasteiger partial charge in [0.15, 0.2) is 0 Å².